The Labute approximate surface area is 204 Å². The number of carbonyl (C=O) groups is 2. The van der Waals surface area contributed by atoms with E-state index in [4.69, 9.17) is 4.74 Å². The first kappa shape index (κ1) is 24.1. The van der Waals surface area contributed by atoms with Crippen molar-refractivity contribution in [1.29, 1.82) is 0 Å². The SMILES string of the molecule is CC(=O)Nc1ccc(C(=O)CSc2nnc(COc3ccccc3F)n2-c2ccccc2)c(F)c1. The van der Waals surface area contributed by atoms with Gasteiger partial charge in [-0.05, 0) is 42.5 Å². The van der Waals surface area contributed by atoms with E-state index in [1.165, 1.54) is 31.2 Å². The van der Waals surface area contributed by atoms with Gasteiger partial charge in [0.2, 0.25) is 5.91 Å². The molecule has 1 amide bonds. The molecule has 0 aliphatic rings. The molecule has 0 fully saturated rings. The summed E-state index contributed by atoms with van der Waals surface area (Å²) in [5, 5.41) is 11.2. The number of nitrogens with one attached hydrogen (secondary N) is 1. The molecule has 178 valence electrons. The number of thioether (sulfide) groups is 1. The summed E-state index contributed by atoms with van der Waals surface area (Å²) in [7, 11) is 0. The lowest BCUT2D eigenvalue weighted by molar-refractivity contribution is -0.114. The summed E-state index contributed by atoms with van der Waals surface area (Å²) in [5.74, 6) is -1.63. The van der Waals surface area contributed by atoms with E-state index in [0.29, 0.717) is 11.0 Å². The van der Waals surface area contributed by atoms with Gasteiger partial charge in [0.15, 0.2) is 28.3 Å². The molecule has 7 nitrogen and oxygen atoms in total. The van der Waals surface area contributed by atoms with Crippen LogP contribution in [-0.2, 0) is 11.4 Å². The maximum Gasteiger partial charge on any atom is 0.221 e. The van der Waals surface area contributed by atoms with Crippen LogP contribution in [0.15, 0.2) is 78.0 Å². The second-order valence-corrected chi connectivity index (χ2v) is 8.32. The molecule has 1 N–H and O–H groups in total. The van der Waals surface area contributed by atoms with Crippen molar-refractivity contribution >= 4 is 29.1 Å². The van der Waals surface area contributed by atoms with E-state index < -0.39 is 17.4 Å². The molecule has 0 radical (unpaired) electrons. The molecule has 0 aliphatic carbocycles. The van der Waals surface area contributed by atoms with Crippen LogP contribution in [0, 0.1) is 11.6 Å². The average Bonchev–Trinajstić information content (AvgIpc) is 3.25. The Kier molecular flexibility index (Phi) is 7.51. The molecule has 0 unspecified atom stereocenters. The number of anilines is 1. The molecule has 0 spiro atoms. The summed E-state index contributed by atoms with van der Waals surface area (Å²) in [6.07, 6.45) is 0. The molecule has 1 aromatic heterocycles. The lowest BCUT2D eigenvalue weighted by atomic mass is 10.1. The fourth-order valence-electron chi connectivity index (χ4n) is 3.26. The first-order valence-corrected chi connectivity index (χ1v) is 11.5. The van der Waals surface area contributed by atoms with Crippen molar-refractivity contribution in [3.8, 4) is 11.4 Å². The highest BCUT2D eigenvalue weighted by atomic mass is 32.2. The van der Waals surface area contributed by atoms with Crippen LogP contribution in [-0.4, -0.2) is 32.2 Å². The third-order valence-corrected chi connectivity index (χ3v) is 5.76. The van der Waals surface area contributed by atoms with Crippen molar-refractivity contribution in [3.63, 3.8) is 0 Å². The fraction of sp³-hybridized carbons (Fsp3) is 0.120. The minimum atomic E-state index is -0.731. The van der Waals surface area contributed by atoms with Crippen LogP contribution in [0.25, 0.3) is 5.69 Å². The number of amides is 1. The topological polar surface area (TPSA) is 86.1 Å². The van der Waals surface area contributed by atoms with Crippen molar-refractivity contribution in [1.82, 2.24) is 14.8 Å². The number of ketones is 1. The summed E-state index contributed by atoms with van der Waals surface area (Å²) in [5.41, 5.74) is 0.897. The van der Waals surface area contributed by atoms with Crippen molar-refractivity contribution in [2.45, 2.75) is 18.7 Å². The Morgan fingerprint density at radius 1 is 0.971 bits per heavy atom. The Hall–Kier alpha value is -4.05. The number of carbonyl (C=O) groups excluding carboxylic acids is 2. The first-order valence-electron chi connectivity index (χ1n) is 10.5. The number of nitrogens with zero attached hydrogens (tertiary/aromatic N) is 3. The molecule has 4 aromatic rings. The quantitative estimate of drug-likeness (QED) is 0.259. The second kappa shape index (κ2) is 10.9. The maximum absolute atomic E-state index is 14.5. The summed E-state index contributed by atoms with van der Waals surface area (Å²) in [6, 6.07) is 19.1. The third-order valence-electron chi connectivity index (χ3n) is 4.83. The van der Waals surface area contributed by atoms with Crippen LogP contribution in [0.5, 0.6) is 5.75 Å². The van der Waals surface area contributed by atoms with Gasteiger partial charge < -0.3 is 10.1 Å². The Bertz CT molecular complexity index is 1360. The van der Waals surface area contributed by atoms with E-state index in [1.54, 1.807) is 16.7 Å². The van der Waals surface area contributed by atoms with E-state index in [-0.39, 0.29) is 35.3 Å². The van der Waals surface area contributed by atoms with E-state index in [2.05, 4.69) is 15.5 Å². The van der Waals surface area contributed by atoms with E-state index in [1.807, 2.05) is 30.3 Å². The standard InChI is InChI=1S/C25H20F2N4O3S/c1-16(32)28-17-11-12-19(21(27)13-17)22(33)15-35-25-30-29-24(31(25)18-7-3-2-4-8-18)14-34-23-10-6-5-9-20(23)26/h2-13H,14-15H2,1H3,(H,28,32). The highest BCUT2D eigenvalue weighted by molar-refractivity contribution is 7.99. The smallest absolute Gasteiger partial charge is 0.221 e. The molecule has 1 heterocycles. The highest BCUT2D eigenvalue weighted by Crippen LogP contribution is 2.25. The zero-order chi connectivity index (χ0) is 24.8. The lowest BCUT2D eigenvalue weighted by Crippen LogP contribution is -2.10. The summed E-state index contributed by atoms with van der Waals surface area (Å²) in [4.78, 5) is 23.9. The molecule has 4 rings (SSSR count). The molecule has 0 aliphatic heterocycles. The zero-order valence-corrected chi connectivity index (χ0v) is 19.4. The van der Waals surface area contributed by atoms with E-state index in [9.17, 15) is 18.4 Å². The van der Waals surface area contributed by atoms with Crippen molar-refractivity contribution in [3.05, 3.63) is 95.8 Å². The molecule has 10 heteroatoms. The number of Topliss-reactive ketones (excluding diaryl/α,β-unsaturated/α-hetero) is 1. The zero-order valence-electron chi connectivity index (χ0n) is 18.6. The molecule has 3 aromatic carbocycles. The third kappa shape index (κ3) is 5.90. The summed E-state index contributed by atoms with van der Waals surface area (Å²) in [6.45, 7) is 1.25. The summed E-state index contributed by atoms with van der Waals surface area (Å²) < 4.78 is 35.7. The number of ether oxygens (including phenoxy) is 1. The Balaban J connectivity index is 1.53. The van der Waals surface area contributed by atoms with Gasteiger partial charge in [0.25, 0.3) is 0 Å². The van der Waals surface area contributed by atoms with Gasteiger partial charge in [-0.2, -0.15) is 0 Å². The van der Waals surface area contributed by atoms with Gasteiger partial charge >= 0.3 is 0 Å². The fourth-order valence-corrected chi connectivity index (χ4v) is 4.11. The highest BCUT2D eigenvalue weighted by Gasteiger charge is 2.19. The number of rotatable bonds is 9. The first-order chi connectivity index (χ1) is 16.9. The number of hydrogen-bond acceptors (Lipinski definition) is 6. The van der Waals surface area contributed by atoms with Gasteiger partial charge in [-0.15, -0.1) is 10.2 Å². The van der Waals surface area contributed by atoms with Crippen molar-refractivity contribution in [2.24, 2.45) is 0 Å². The van der Waals surface area contributed by atoms with Crippen LogP contribution in [0.1, 0.15) is 23.1 Å². The molecule has 0 atom stereocenters. The number of benzene rings is 3. The summed E-state index contributed by atoms with van der Waals surface area (Å²) >= 11 is 1.09. The van der Waals surface area contributed by atoms with Crippen LogP contribution in [0.2, 0.25) is 0 Å². The van der Waals surface area contributed by atoms with Crippen molar-refractivity contribution in [2.75, 3.05) is 11.1 Å². The maximum atomic E-state index is 14.5. The predicted octanol–water partition coefficient (Wildman–Crippen LogP) is 5.06. The molecule has 0 saturated carbocycles. The number of para-hydroxylation sites is 2. The molecule has 0 bridgehead atoms. The van der Waals surface area contributed by atoms with E-state index >= 15 is 0 Å². The van der Waals surface area contributed by atoms with E-state index in [0.717, 1.165) is 23.5 Å². The molecule has 35 heavy (non-hydrogen) atoms. The van der Waals surface area contributed by atoms with Gasteiger partial charge in [-0.3, -0.25) is 14.2 Å². The molecular weight excluding hydrogens is 474 g/mol. The minimum absolute atomic E-state index is 0.0590. The largest absolute Gasteiger partial charge is 0.483 e. The second-order valence-electron chi connectivity index (χ2n) is 7.38. The predicted molar refractivity (Wildman–Crippen MR) is 128 cm³/mol. The van der Waals surface area contributed by atoms with Crippen LogP contribution in [0.3, 0.4) is 0 Å². The van der Waals surface area contributed by atoms with Crippen LogP contribution < -0.4 is 10.1 Å². The molecular formula is C25H20F2N4O3S. The Morgan fingerprint density at radius 3 is 2.43 bits per heavy atom. The average molecular weight is 495 g/mol. The molecule has 0 saturated heterocycles. The minimum Gasteiger partial charge on any atom is -0.483 e. The van der Waals surface area contributed by atoms with Crippen LogP contribution in [0.4, 0.5) is 14.5 Å². The normalized spacial score (nSPS) is 10.7. The van der Waals surface area contributed by atoms with Gasteiger partial charge in [0.05, 0.1) is 11.3 Å². The van der Waals surface area contributed by atoms with Crippen molar-refractivity contribution < 1.29 is 23.1 Å². The number of hydrogen-bond donors (Lipinski definition) is 1. The van der Waals surface area contributed by atoms with Gasteiger partial charge in [-0.25, -0.2) is 8.78 Å². The van der Waals surface area contributed by atoms with Gasteiger partial charge in [-0.1, -0.05) is 42.1 Å². The monoisotopic (exact) mass is 494 g/mol. The Morgan fingerprint density at radius 2 is 1.71 bits per heavy atom. The van der Waals surface area contributed by atoms with Gasteiger partial charge in [0.1, 0.15) is 12.4 Å². The lowest BCUT2D eigenvalue weighted by Gasteiger charge is -2.11. The number of halogens is 2. The number of aromatic nitrogens is 3. The van der Waals surface area contributed by atoms with Gasteiger partial charge in [0, 0.05) is 18.3 Å². The van der Waals surface area contributed by atoms with Crippen LogP contribution >= 0.6 is 11.8 Å².